The van der Waals surface area contributed by atoms with Gasteiger partial charge in [-0.25, -0.2) is 14.7 Å². The number of carbonyl (C=O) groups excluding carboxylic acids is 1. The standard InChI is InChI=1S/C11H12F3N3O3/c1-6-9(18)16(10(19)17(6)20-2)8-5-7(3-4-15-8)11(12,13)14/h3-6,9,18H,1-2H3/t6-,9?/m0/s1. The van der Waals surface area contributed by atoms with Crippen molar-refractivity contribution in [2.75, 3.05) is 12.0 Å². The zero-order chi connectivity index (χ0) is 15.1. The summed E-state index contributed by atoms with van der Waals surface area (Å²) in [6.45, 7) is 1.50. The number of urea groups is 1. The average molecular weight is 291 g/mol. The molecule has 0 aromatic carbocycles. The topological polar surface area (TPSA) is 65.9 Å². The van der Waals surface area contributed by atoms with Crippen molar-refractivity contribution in [2.45, 2.75) is 25.4 Å². The van der Waals surface area contributed by atoms with Gasteiger partial charge >= 0.3 is 12.2 Å². The van der Waals surface area contributed by atoms with Gasteiger partial charge in [-0.3, -0.25) is 4.84 Å². The normalized spacial score (nSPS) is 23.6. The Labute approximate surface area is 112 Å². The fraction of sp³-hybridized carbons (Fsp3) is 0.455. The maximum Gasteiger partial charge on any atom is 0.416 e. The zero-order valence-electron chi connectivity index (χ0n) is 10.6. The van der Waals surface area contributed by atoms with Crippen molar-refractivity contribution in [1.82, 2.24) is 10.0 Å². The van der Waals surface area contributed by atoms with Crippen LogP contribution >= 0.6 is 0 Å². The Bertz CT molecular complexity index is 523. The summed E-state index contributed by atoms with van der Waals surface area (Å²) in [4.78, 5) is 21.2. The lowest BCUT2D eigenvalue weighted by Crippen LogP contribution is -2.36. The van der Waals surface area contributed by atoms with E-state index in [2.05, 4.69) is 4.98 Å². The predicted molar refractivity (Wildman–Crippen MR) is 61.4 cm³/mol. The number of aromatic nitrogens is 1. The highest BCUT2D eigenvalue weighted by Gasteiger charge is 2.45. The molecule has 1 aliphatic rings. The smallest absolute Gasteiger partial charge is 0.371 e. The SMILES string of the molecule is CON1C(=O)N(c2cc(C(F)(F)F)ccn2)C(O)[C@@H]1C. The second-order valence-corrected chi connectivity index (χ2v) is 4.22. The fourth-order valence-electron chi connectivity index (χ4n) is 1.93. The molecule has 1 fully saturated rings. The molecular weight excluding hydrogens is 279 g/mol. The Balaban J connectivity index is 2.39. The van der Waals surface area contributed by atoms with Crippen LogP contribution in [0.2, 0.25) is 0 Å². The van der Waals surface area contributed by atoms with Gasteiger partial charge in [0.05, 0.1) is 12.7 Å². The summed E-state index contributed by atoms with van der Waals surface area (Å²) in [6.07, 6.45) is -4.98. The molecule has 2 heterocycles. The number of carbonyl (C=O) groups is 1. The molecule has 1 unspecified atom stereocenters. The first-order valence-corrected chi connectivity index (χ1v) is 5.65. The minimum absolute atomic E-state index is 0.288. The summed E-state index contributed by atoms with van der Waals surface area (Å²) in [6, 6.07) is -0.0239. The average Bonchev–Trinajstić information content (AvgIpc) is 2.59. The van der Waals surface area contributed by atoms with Crippen LogP contribution in [0.5, 0.6) is 0 Å². The molecule has 1 aromatic rings. The highest BCUT2D eigenvalue weighted by molar-refractivity contribution is 5.93. The quantitative estimate of drug-likeness (QED) is 0.899. The third kappa shape index (κ3) is 2.29. The van der Waals surface area contributed by atoms with Crippen molar-refractivity contribution in [2.24, 2.45) is 0 Å². The van der Waals surface area contributed by atoms with E-state index in [-0.39, 0.29) is 5.82 Å². The number of nitrogens with zero attached hydrogens (tertiary/aromatic N) is 3. The Morgan fingerprint density at radius 2 is 2.10 bits per heavy atom. The molecule has 0 aliphatic carbocycles. The molecule has 1 aliphatic heterocycles. The van der Waals surface area contributed by atoms with Gasteiger partial charge in [0.1, 0.15) is 11.9 Å². The van der Waals surface area contributed by atoms with Gasteiger partial charge in [-0.15, -0.1) is 0 Å². The van der Waals surface area contributed by atoms with E-state index in [0.29, 0.717) is 6.07 Å². The molecular formula is C11H12F3N3O3. The molecule has 1 aromatic heterocycles. The highest BCUT2D eigenvalue weighted by atomic mass is 19.4. The fourth-order valence-corrected chi connectivity index (χ4v) is 1.93. The third-order valence-electron chi connectivity index (χ3n) is 2.98. The number of anilines is 1. The Hall–Kier alpha value is -1.87. The van der Waals surface area contributed by atoms with E-state index in [0.717, 1.165) is 22.2 Å². The number of hydrogen-bond acceptors (Lipinski definition) is 4. The van der Waals surface area contributed by atoms with Gasteiger partial charge < -0.3 is 5.11 Å². The lowest BCUT2D eigenvalue weighted by atomic mass is 10.2. The molecule has 110 valence electrons. The number of aliphatic hydroxyl groups excluding tert-OH is 1. The Kier molecular flexibility index (Phi) is 3.57. The molecule has 0 bridgehead atoms. The van der Waals surface area contributed by atoms with Crippen LogP contribution in [-0.2, 0) is 11.0 Å². The van der Waals surface area contributed by atoms with Gasteiger partial charge in [-0.05, 0) is 19.1 Å². The summed E-state index contributed by atoms with van der Waals surface area (Å²) < 4.78 is 37.9. The van der Waals surface area contributed by atoms with Gasteiger partial charge in [-0.2, -0.15) is 18.2 Å². The van der Waals surface area contributed by atoms with Crippen LogP contribution in [0.4, 0.5) is 23.8 Å². The third-order valence-corrected chi connectivity index (χ3v) is 2.98. The van der Waals surface area contributed by atoms with Gasteiger partial charge in [0.25, 0.3) is 0 Å². The number of hydrogen-bond donors (Lipinski definition) is 1. The lowest BCUT2D eigenvalue weighted by molar-refractivity contribution is -0.137. The summed E-state index contributed by atoms with van der Waals surface area (Å²) in [5.74, 6) is -0.288. The van der Waals surface area contributed by atoms with Crippen molar-refractivity contribution in [3.05, 3.63) is 23.9 Å². The molecule has 1 saturated heterocycles. The molecule has 6 nitrogen and oxygen atoms in total. The number of halogens is 3. The summed E-state index contributed by atoms with van der Waals surface area (Å²) in [5.41, 5.74) is -0.953. The van der Waals surface area contributed by atoms with E-state index in [9.17, 15) is 23.1 Å². The number of rotatable bonds is 2. The van der Waals surface area contributed by atoms with Crippen molar-refractivity contribution in [3.8, 4) is 0 Å². The molecule has 0 radical (unpaired) electrons. The van der Waals surface area contributed by atoms with Gasteiger partial charge in [0.2, 0.25) is 0 Å². The van der Waals surface area contributed by atoms with Crippen molar-refractivity contribution in [1.29, 1.82) is 0 Å². The van der Waals surface area contributed by atoms with Crippen molar-refractivity contribution >= 4 is 11.8 Å². The first-order valence-electron chi connectivity index (χ1n) is 5.65. The monoisotopic (exact) mass is 291 g/mol. The first-order chi connectivity index (χ1) is 9.27. The van der Waals surface area contributed by atoms with Gasteiger partial charge in [0, 0.05) is 6.20 Å². The predicted octanol–water partition coefficient (Wildman–Crippen LogP) is 1.61. The largest absolute Gasteiger partial charge is 0.416 e. The van der Waals surface area contributed by atoms with E-state index in [1.54, 1.807) is 0 Å². The molecule has 0 saturated carbocycles. The van der Waals surface area contributed by atoms with Gasteiger partial charge in [-0.1, -0.05) is 0 Å². The maximum absolute atomic E-state index is 12.6. The maximum atomic E-state index is 12.6. The Morgan fingerprint density at radius 1 is 1.45 bits per heavy atom. The van der Waals surface area contributed by atoms with Crippen LogP contribution in [0.25, 0.3) is 0 Å². The number of aliphatic hydroxyl groups is 1. The van der Waals surface area contributed by atoms with Crippen LogP contribution < -0.4 is 4.90 Å². The minimum Gasteiger partial charge on any atom is -0.371 e. The van der Waals surface area contributed by atoms with E-state index >= 15 is 0 Å². The van der Waals surface area contributed by atoms with E-state index < -0.39 is 30.0 Å². The number of hydroxylamine groups is 2. The van der Waals surface area contributed by atoms with Gasteiger partial charge in [0.15, 0.2) is 6.23 Å². The molecule has 1 N–H and O–H groups in total. The van der Waals surface area contributed by atoms with E-state index in [1.165, 1.54) is 14.0 Å². The molecule has 9 heteroatoms. The number of amides is 2. The van der Waals surface area contributed by atoms with Crippen LogP contribution in [0.3, 0.4) is 0 Å². The molecule has 2 amide bonds. The van der Waals surface area contributed by atoms with E-state index in [4.69, 9.17) is 4.84 Å². The molecule has 2 rings (SSSR count). The Morgan fingerprint density at radius 3 is 2.60 bits per heavy atom. The lowest BCUT2D eigenvalue weighted by Gasteiger charge is -2.19. The highest BCUT2D eigenvalue weighted by Crippen LogP contribution is 2.33. The molecule has 20 heavy (non-hydrogen) atoms. The van der Waals surface area contributed by atoms with Crippen LogP contribution in [0.1, 0.15) is 12.5 Å². The van der Waals surface area contributed by atoms with Crippen LogP contribution in [-0.4, -0.2) is 40.6 Å². The number of pyridine rings is 1. The first kappa shape index (κ1) is 14.5. The minimum atomic E-state index is -4.56. The second-order valence-electron chi connectivity index (χ2n) is 4.22. The van der Waals surface area contributed by atoms with Crippen LogP contribution in [0, 0.1) is 0 Å². The zero-order valence-corrected chi connectivity index (χ0v) is 10.6. The van der Waals surface area contributed by atoms with Crippen LogP contribution in [0.15, 0.2) is 18.3 Å². The summed E-state index contributed by atoms with van der Waals surface area (Å²) >= 11 is 0. The number of alkyl halides is 3. The van der Waals surface area contributed by atoms with E-state index in [1.807, 2.05) is 0 Å². The summed E-state index contributed by atoms with van der Waals surface area (Å²) in [5, 5.41) is 10.8. The summed E-state index contributed by atoms with van der Waals surface area (Å²) in [7, 11) is 1.23. The molecule has 2 atom stereocenters. The van der Waals surface area contributed by atoms with Crippen molar-refractivity contribution < 1.29 is 27.9 Å². The second kappa shape index (κ2) is 4.91. The van der Waals surface area contributed by atoms with Crippen molar-refractivity contribution in [3.63, 3.8) is 0 Å². The molecule has 0 spiro atoms.